The van der Waals surface area contributed by atoms with Crippen LogP contribution in [0.25, 0.3) is 10.9 Å². The predicted molar refractivity (Wildman–Crippen MR) is 194 cm³/mol. The monoisotopic (exact) mass is 720 g/mol. The number of nitrogens with one attached hydrogen (secondary N) is 2. The first-order valence-corrected chi connectivity index (χ1v) is 17.9. The molecular formula is C38H42F2N4O6S. The first kappa shape index (κ1) is 37.5. The number of unbranched alkanes of at least 4 members (excludes halogenated alkanes) is 3. The van der Waals surface area contributed by atoms with Gasteiger partial charge in [-0.25, -0.2) is 8.78 Å². The van der Waals surface area contributed by atoms with Gasteiger partial charge >= 0.3 is 0 Å². The Morgan fingerprint density at radius 2 is 1.55 bits per heavy atom. The number of hydrogen-bond acceptors (Lipinski definition) is 9. The van der Waals surface area contributed by atoms with Crippen LogP contribution >= 0.6 is 11.8 Å². The van der Waals surface area contributed by atoms with E-state index in [1.807, 2.05) is 13.8 Å². The lowest BCUT2D eigenvalue weighted by Gasteiger charge is -2.16. The number of nitrogens with zero attached hydrogens (tertiary/aromatic N) is 1. The number of ether oxygens (including phenoxy) is 3. The minimum atomic E-state index is -1.29. The third-order valence-electron chi connectivity index (χ3n) is 8.65. The summed E-state index contributed by atoms with van der Waals surface area (Å²) >= 11 is 1.30. The standard InChI is InChI=1S/C38H42F2N4O6S/c1-23(2)34(41)35(45)51-19-7-5-4-6-18-49-33-22-29-27(21-32(33)48-3)30(14-17-42-29)50-31-13-12-26(20-28(31)40)44-37(47)38(15-16-38)36(46)43-25-10-8-24(39)9-11-25/h8-14,17,20-23,34H,4-7,15-16,18-19,41H2,1-3H3,(H,43,46)(H,44,47)/t34-/m0/s1. The Labute approximate surface area is 299 Å². The van der Waals surface area contributed by atoms with E-state index in [9.17, 15) is 18.8 Å². The molecule has 10 nitrogen and oxygen atoms in total. The van der Waals surface area contributed by atoms with E-state index in [0.717, 1.165) is 37.5 Å². The molecule has 0 unspecified atom stereocenters. The summed E-state index contributed by atoms with van der Waals surface area (Å²) in [6.45, 7) is 4.36. The largest absolute Gasteiger partial charge is 0.493 e. The van der Waals surface area contributed by atoms with Crippen LogP contribution in [-0.4, -0.2) is 47.4 Å². The Morgan fingerprint density at radius 1 is 0.863 bits per heavy atom. The van der Waals surface area contributed by atoms with E-state index in [2.05, 4.69) is 15.6 Å². The number of carbonyl (C=O) groups excluding carboxylic acids is 3. The summed E-state index contributed by atoms with van der Waals surface area (Å²) in [4.78, 5) is 42.4. The number of pyridine rings is 1. The number of fused-ring (bicyclic) bond motifs is 1. The third-order valence-corrected chi connectivity index (χ3v) is 9.70. The van der Waals surface area contributed by atoms with Gasteiger partial charge < -0.3 is 30.6 Å². The van der Waals surface area contributed by atoms with Crippen molar-refractivity contribution >= 4 is 51.0 Å². The first-order valence-electron chi connectivity index (χ1n) is 16.9. The minimum absolute atomic E-state index is 0.0412. The molecule has 0 aliphatic heterocycles. The zero-order valence-corrected chi connectivity index (χ0v) is 29.6. The van der Waals surface area contributed by atoms with Gasteiger partial charge in [-0.3, -0.25) is 19.4 Å². The van der Waals surface area contributed by atoms with E-state index in [0.29, 0.717) is 53.3 Å². The van der Waals surface area contributed by atoms with Gasteiger partial charge in [-0.15, -0.1) is 0 Å². The summed E-state index contributed by atoms with van der Waals surface area (Å²) in [6.07, 6.45) is 5.87. The second-order valence-electron chi connectivity index (χ2n) is 12.8. The molecule has 1 atom stereocenters. The highest BCUT2D eigenvalue weighted by Gasteiger charge is 2.56. The highest BCUT2D eigenvalue weighted by Crippen LogP contribution is 2.48. The number of rotatable bonds is 17. The molecule has 2 amide bonds. The van der Waals surface area contributed by atoms with Crippen LogP contribution < -0.4 is 30.6 Å². The number of aromatic nitrogens is 1. The van der Waals surface area contributed by atoms with Crippen LogP contribution in [0.4, 0.5) is 20.2 Å². The van der Waals surface area contributed by atoms with Gasteiger partial charge in [0.05, 0.1) is 25.3 Å². The zero-order valence-electron chi connectivity index (χ0n) is 28.8. The smallest absolute Gasteiger partial charge is 0.240 e. The van der Waals surface area contributed by atoms with E-state index in [4.69, 9.17) is 19.9 Å². The van der Waals surface area contributed by atoms with Crippen LogP contribution in [-0.2, 0) is 14.4 Å². The van der Waals surface area contributed by atoms with Gasteiger partial charge in [-0.1, -0.05) is 38.5 Å². The second kappa shape index (κ2) is 17.0. The molecule has 0 bridgehead atoms. The Balaban J connectivity index is 1.15. The van der Waals surface area contributed by atoms with E-state index < -0.39 is 34.9 Å². The van der Waals surface area contributed by atoms with Crippen molar-refractivity contribution in [2.24, 2.45) is 17.1 Å². The number of nitrogens with two attached hydrogens (primary N) is 1. The van der Waals surface area contributed by atoms with Crippen molar-refractivity contribution in [1.82, 2.24) is 4.98 Å². The van der Waals surface area contributed by atoms with Gasteiger partial charge in [0.1, 0.15) is 17.0 Å². The fourth-order valence-corrected chi connectivity index (χ4v) is 6.28. The first-order chi connectivity index (χ1) is 24.5. The maximum absolute atomic E-state index is 15.3. The topological polar surface area (TPSA) is 142 Å². The molecule has 0 spiro atoms. The van der Waals surface area contributed by atoms with Gasteiger partial charge in [-0.2, -0.15) is 0 Å². The summed E-state index contributed by atoms with van der Waals surface area (Å²) in [6, 6.07) is 13.9. The lowest BCUT2D eigenvalue weighted by molar-refractivity contribution is -0.131. The quantitative estimate of drug-likeness (QED) is 0.0734. The lowest BCUT2D eigenvalue weighted by Crippen LogP contribution is -2.35. The van der Waals surface area contributed by atoms with Crippen molar-refractivity contribution in [3.63, 3.8) is 0 Å². The molecular weight excluding hydrogens is 679 g/mol. The molecule has 13 heteroatoms. The van der Waals surface area contributed by atoms with Gasteiger partial charge in [0.2, 0.25) is 16.9 Å². The van der Waals surface area contributed by atoms with Crippen LogP contribution in [0.1, 0.15) is 52.4 Å². The number of thioether (sulfide) groups is 1. The van der Waals surface area contributed by atoms with Crippen LogP contribution in [0.5, 0.6) is 23.0 Å². The van der Waals surface area contributed by atoms with Gasteiger partial charge in [-0.05, 0) is 80.1 Å². The Kier molecular flexibility index (Phi) is 12.5. The molecule has 1 aliphatic rings. The van der Waals surface area contributed by atoms with Crippen LogP contribution in [0, 0.1) is 23.0 Å². The molecule has 1 fully saturated rings. The summed E-state index contributed by atoms with van der Waals surface area (Å²) in [5, 5.41) is 5.90. The number of halogens is 2. The maximum atomic E-state index is 15.3. The molecule has 0 radical (unpaired) electrons. The summed E-state index contributed by atoms with van der Waals surface area (Å²) < 4.78 is 46.1. The highest BCUT2D eigenvalue weighted by atomic mass is 32.2. The third kappa shape index (κ3) is 9.53. The van der Waals surface area contributed by atoms with E-state index >= 15 is 4.39 Å². The SMILES string of the molecule is COc1cc2c(Oc3ccc(NC(=O)C4(C(=O)Nc5ccc(F)cc5)CC4)cc3F)ccnc2cc1OCCCCCCSC(=O)[C@@H](N)C(C)C. The second-order valence-corrected chi connectivity index (χ2v) is 13.9. The van der Waals surface area contributed by atoms with Gasteiger partial charge in [0.15, 0.2) is 23.1 Å². The molecule has 270 valence electrons. The van der Waals surface area contributed by atoms with Crippen LogP contribution in [0.15, 0.2) is 66.9 Å². The summed E-state index contributed by atoms with van der Waals surface area (Å²) in [5.74, 6) is -0.122. The molecule has 4 aromatic rings. The number of anilines is 2. The van der Waals surface area contributed by atoms with Crippen molar-refractivity contribution in [3.8, 4) is 23.0 Å². The fraction of sp³-hybridized carbons (Fsp3) is 0.368. The van der Waals surface area contributed by atoms with E-state index in [1.54, 1.807) is 24.4 Å². The van der Waals surface area contributed by atoms with Crippen molar-refractivity contribution in [2.45, 2.75) is 58.4 Å². The highest BCUT2D eigenvalue weighted by molar-refractivity contribution is 8.13. The number of benzene rings is 3. The molecule has 1 aliphatic carbocycles. The van der Waals surface area contributed by atoms with Crippen LogP contribution in [0.2, 0.25) is 0 Å². The molecule has 1 heterocycles. The van der Waals surface area contributed by atoms with Crippen molar-refractivity contribution < 1.29 is 37.4 Å². The Bertz CT molecular complexity index is 1870. The molecule has 4 N–H and O–H groups in total. The van der Waals surface area contributed by atoms with Crippen LogP contribution in [0.3, 0.4) is 0 Å². The Morgan fingerprint density at radius 3 is 2.22 bits per heavy atom. The van der Waals surface area contributed by atoms with Gasteiger partial charge in [0.25, 0.3) is 0 Å². The number of carbonyl (C=O) groups is 3. The average molecular weight is 721 g/mol. The predicted octanol–water partition coefficient (Wildman–Crippen LogP) is 7.85. The summed E-state index contributed by atoms with van der Waals surface area (Å²) in [5.41, 5.74) is 5.71. The lowest BCUT2D eigenvalue weighted by atomic mass is 10.0. The number of methoxy groups -OCH3 is 1. The maximum Gasteiger partial charge on any atom is 0.240 e. The van der Waals surface area contributed by atoms with E-state index in [-0.39, 0.29) is 22.5 Å². The molecule has 1 saturated carbocycles. The van der Waals surface area contributed by atoms with Crippen molar-refractivity contribution in [1.29, 1.82) is 0 Å². The normalized spacial score (nSPS) is 13.8. The Hall–Kier alpha value is -4.75. The van der Waals surface area contributed by atoms with Crippen molar-refractivity contribution in [2.75, 3.05) is 30.1 Å². The van der Waals surface area contributed by atoms with Crippen molar-refractivity contribution in [3.05, 3.63) is 78.5 Å². The molecule has 1 aromatic heterocycles. The number of amides is 2. The average Bonchev–Trinajstić information content (AvgIpc) is 3.93. The van der Waals surface area contributed by atoms with Gasteiger partial charge in [0, 0.05) is 40.8 Å². The zero-order chi connectivity index (χ0) is 36.5. The number of hydrogen-bond donors (Lipinski definition) is 3. The minimum Gasteiger partial charge on any atom is -0.493 e. The molecule has 5 rings (SSSR count). The molecule has 3 aromatic carbocycles. The molecule has 0 saturated heterocycles. The fourth-order valence-electron chi connectivity index (χ4n) is 5.27. The molecule has 51 heavy (non-hydrogen) atoms. The van der Waals surface area contributed by atoms with E-state index in [1.165, 1.54) is 55.3 Å². The summed E-state index contributed by atoms with van der Waals surface area (Å²) in [7, 11) is 1.53.